The number of hydrogen-bond donors (Lipinski definition) is 1. The van der Waals surface area contributed by atoms with Crippen LogP contribution < -0.4 is 10.2 Å². The van der Waals surface area contributed by atoms with E-state index in [0.717, 1.165) is 4.47 Å². The van der Waals surface area contributed by atoms with E-state index in [2.05, 4.69) is 26.2 Å². The Bertz CT molecular complexity index is 703. The van der Waals surface area contributed by atoms with Crippen molar-refractivity contribution in [3.63, 3.8) is 0 Å². The molecule has 1 fully saturated rings. The third-order valence-electron chi connectivity index (χ3n) is 3.24. The summed E-state index contributed by atoms with van der Waals surface area (Å²) < 4.78 is 0.783. The van der Waals surface area contributed by atoms with E-state index >= 15 is 0 Å². The second-order valence-corrected chi connectivity index (χ2v) is 5.53. The predicted octanol–water partition coefficient (Wildman–Crippen LogP) is 1.97. The molecule has 2 aromatic rings. The summed E-state index contributed by atoms with van der Waals surface area (Å²) in [5.74, 6) is -0.251. The predicted molar refractivity (Wildman–Crippen MR) is 82.2 cm³/mol. The van der Waals surface area contributed by atoms with E-state index in [0.29, 0.717) is 23.6 Å². The first-order chi connectivity index (χ1) is 10.2. The second kappa shape index (κ2) is 5.75. The molecular weight excluding hydrogens is 334 g/mol. The minimum absolute atomic E-state index is 0.0487. The highest BCUT2D eigenvalue weighted by Gasteiger charge is 2.26. The van der Waals surface area contributed by atoms with Gasteiger partial charge in [-0.3, -0.25) is 24.8 Å². The molecule has 0 spiro atoms. The first kappa shape index (κ1) is 13.9. The Labute approximate surface area is 130 Å². The molecule has 0 unspecified atom stereocenters. The summed E-state index contributed by atoms with van der Waals surface area (Å²) in [4.78, 5) is 30.2. The zero-order valence-electron chi connectivity index (χ0n) is 11.0. The van der Waals surface area contributed by atoms with Crippen molar-refractivity contribution in [2.45, 2.75) is 0 Å². The fourth-order valence-corrected chi connectivity index (χ4v) is 2.60. The number of hydrogen-bond acceptors (Lipinski definition) is 4. The van der Waals surface area contributed by atoms with Crippen molar-refractivity contribution in [3.05, 3.63) is 58.3 Å². The van der Waals surface area contributed by atoms with E-state index in [1.165, 1.54) is 0 Å². The third-order valence-corrected chi connectivity index (χ3v) is 3.73. The molecule has 0 saturated carbocycles. The number of nitrogens with zero attached hydrogens (tertiary/aromatic N) is 2. The number of ketones is 1. The van der Waals surface area contributed by atoms with Gasteiger partial charge in [0.25, 0.3) is 0 Å². The van der Waals surface area contributed by atoms with E-state index in [9.17, 15) is 9.59 Å². The number of rotatable bonds is 3. The van der Waals surface area contributed by atoms with Crippen molar-refractivity contribution in [1.29, 1.82) is 0 Å². The van der Waals surface area contributed by atoms with Crippen LogP contribution >= 0.6 is 15.9 Å². The quantitative estimate of drug-likeness (QED) is 0.864. The minimum Gasteiger partial charge on any atom is -0.297 e. The Kier molecular flexibility index (Phi) is 3.81. The molecule has 0 atom stereocenters. The largest absolute Gasteiger partial charge is 0.297 e. The molecule has 106 valence electrons. The van der Waals surface area contributed by atoms with Crippen LogP contribution in [0.3, 0.4) is 0 Å². The van der Waals surface area contributed by atoms with Crippen LogP contribution in [0.1, 0.15) is 16.1 Å². The zero-order chi connectivity index (χ0) is 14.8. The Morgan fingerprint density at radius 1 is 1.29 bits per heavy atom. The van der Waals surface area contributed by atoms with Gasteiger partial charge in [-0.2, -0.15) is 0 Å². The van der Waals surface area contributed by atoms with Gasteiger partial charge in [0.2, 0.25) is 11.7 Å². The number of nitrogens with one attached hydrogen (secondary N) is 1. The maximum absolute atomic E-state index is 12.6. The molecule has 3 rings (SSSR count). The highest BCUT2D eigenvalue weighted by atomic mass is 79.9. The molecule has 1 saturated heterocycles. The molecule has 0 radical (unpaired) electrons. The van der Waals surface area contributed by atoms with Gasteiger partial charge in [-0.25, -0.2) is 0 Å². The maximum atomic E-state index is 12.6. The highest BCUT2D eigenvalue weighted by Crippen LogP contribution is 2.27. The normalized spacial score (nSPS) is 14.5. The SMILES string of the molecule is O=C(c1ccccn1)c1cc(Br)ccc1N1CNCC1=O. The second-order valence-electron chi connectivity index (χ2n) is 4.61. The van der Waals surface area contributed by atoms with Crippen molar-refractivity contribution in [3.8, 4) is 0 Å². The van der Waals surface area contributed by atoms with Gasteiger partial charge in [0, 0.05) is 16.2 Å². The molecule has 1 amide bonds. The van der Waals surface area contributed by atoms with E-state index in [-0.39, 0.29) is 18.2 Å². The van der Waals surface area contributed by atoms with E-state index in [1.54, 1.807) is 41.4 Å². The fourth-order valence-electron chi connectivity index (χ4n) is 2.24. The van der Waals surface area contributed by atoms with Crippen LogP contribution in [0.2, 0.25) is 0 Å². The molecule has 5 nitrogen and oxygen atoms in total. The lowest BCUT2D eigenvalue weighted by atomic mass is 10.0. The van der Waals surface area contributed by atoms with Crippen molar-refractivity contribution in [1.82, 2.24) is 10.3 Å². The van der Waals surface area contributed by atoms with Crippen molar-refractivity contribution >= 4 is 33.3 Å². The number of amides is 1. The van der Waals surface area contributed by atoms with Gasteiger partial charge in [-0.15, -0.1) is 0 Å². The first-order valence-corrected chi connectivity index (χ1v) is 7.22. The van der Waals surface area contributed by atoms with Crippen LogP contribution in [-0.2, 0) is 4.79 Å². The third kappa shape index (κ3) is 2.72. The van der Waals surface area contributed by atoms with Gasteiger partial charge in [0.15, 0.2) is 0 Å². The Morgan fingerprint density at radius 2 is 2.14 bits per heavy atom. The van der Waals surface area contributed by atoms with E-state index < -0.39 is 0 Å². The number of benzene rings is 1. The molecule has 0 bridgehead atoms. The number of halogens is 1. The molecule has 6 heteroatoms. The fraction of sp³-hybridized carbons (Fsp3) is 0.133. The molecule has 0 aliphatic carbocycles. The van der Waals surface area contributed by atoms with Crippen molar-refractivity contribution in [2.75, 3.05) is 18.1 Å². The smallest absolute Gasteiger partial charge is 0.242 e. The Hall–Kier alpha value is -2.05. The van der Waals surface area contributed by atoms with Gasteiger partial charge < -0.3 is 0 Å². The van der Waals surface area contributed by atoms with Crippen molar-refractivity contribution in [2.24, 2.45) is 0 Å². The summed E-state index contributed by atoms with van der Waals surface area (Å²) in [5, 5.41) is 2.98. The Balaban J connectivity index is 2.07. The minimum atomic E-state index is -0.202. The average molecular weight is 346 g/mol. The molecule has 1 aliphatic heterocycles. The molecule has 21 heavy (non-hydrogen) atoms. The van der Waals surface area contributed by atoms with Crippen LogP contribution in [0.15, 0.2) is 47.1 Å². The maximum Gasteiger partial charge on any atom is 0.242 e. The first-order valence-electron chi connectivity index (χ1n) is 6.43. The lowest BCUT2D eigenvalue weighted by Crippen LogP contribution is -2.27. The molecule has 1 aromatic carbocycles. The lowest BCUT2D eigenvalue weighted by molar-refractivity contribution is -0.116. The van der Waals surface area contributed by atoms with Gasteiger partial charge in [-0.05, 0) is 30.3 Å². The number of carbonyl (C=O) groups excluding carboxylic acids is 2. The van der Waals surface area contributed by atoms with Crippen LogP contribution in [0, 0.1) is 0 Å². The summed E-state index contributed by atoms with van der Waals surface area (Å²) in [7, 11) is 0. The summed E-state index contributed by atoms with van der Waals surface area (Å²) in [5.41, 5.74) is 1.42. The van der Waals surface area contributed by atoms with Gasteiger partial charge in [0.1, 0.15) is 5.69 Å². The van der Waals surface area contributed by atoms with Crippen LogP contribution in [-0.4, -0.2) is 29.9 Å². The molecule has 1 N–H and O–H groups in total. The van der Waals surface area contributed by atoms with Crippen LogP contribution in [0.4, 0.5) is 5.69 Å². The molecule has 2 heterocycles. The molecule has 1 aliphatic rings. The highest BCUT2D eigenvalue weighted by molar-refractivity contribution is 9.10. The topological polar surface area (TPSA) is 62.3 Å². The van der Waals surface area contributed by atoms with Gasteiger partial charge in [0.05, 0.1) is 18.9 Å². The van der Waals surface area contributed by atoms with Crippen LogP contribution in [0.5, 0.6) is 0 Å². The standard InChI is InChI=1S/C15H12BrN3O2/c16-10-4-5-13(19-9-17-8-14(19)20)11(7-10)15(21)12-3-1-2-6-18-12/h1-7,17H,8-9H2. The van der Waals surface area contributed by atoms with Gasteiger partial charge in [-0.1, -0.05) is 22.0 Å². The zero-order valence-corrected chi connectivity index (χ0v) is 12.6. The van der Waals surface area contributed by atoms with Crippen molar-refractivity contribution < 1.29 is 9.59 Å². The Morgan fingerprint density at radius 3 is 2.81 bits per heavy atom. The summed E-state index contributed by atoms with van der Waals surface area (Å²) in [6.07, 6.45) is 1.58. The van der Waals surface area contributed by atoms with E-state index in [1.807, 2.05) is 6.07 Å². The van der Waals surface area contributed by atoms with Gasteiger partial charge >= 0.3 is 0 Å². The summed E-state index contributed by atoms with van der Waals surface area (Å²) in [6, 6.07) is 10.5. The van der Waals surface area contributed by atoms with Crippen LogP contribution in [0.25, 0.3) is 0 Å². The number of pyridine rings is 1. The average Bonchev–Trinajstić information content (AvgIpc) is 2.93. The summed E-state index contributed by atoms with van der Waals surface area (Å²) in [6.45, 7) is 0.691. The number of aromatic nitrogens is 1. The van der Waals surface area contributed by atoms with E-state index in [4.69, 9.17) is 0 Å². The lowest BCUT2D eigenvalue weighted by Gasteiger charge is -2.18. The number of anilines is 1. The molecule has 1 aromatic heterocycles. The monoisotopic (exact) mass is 345 g/mol. The molecular formula is C15H12BrN3O2. The summed E-state index contributed by atoms with van der Waals surface area (Å²) >= 11 is 3.37. The number of carbonyl (C=O) groups is 2.